The highest BCUT2D eigenvalue weighted by molar-refractivity contribution is 5.81. The minimum absolute atomic E-state index is 0.289. The molecular weight excluding hydrogens is 178 g/mol. The molecule has 0 aromatic rings. The molecule has 2 aliphatic rings. The lowest BCUT2D eigenvalue weighted by molar-refractivity contribution is -0.132. The van der Waals surface area contributed by atoms with Crippen molar-refractivity contribution in [3.8, 4) is 0 Å². The minimum atomic E-state index is 0.289. The number of likely N-dealkylation sites (tertiary alicyclic amines) is 1. The Labute approximate surface area is 84.5 Å². The van der Waals surface area contributed by atoms with Crippen molar-refractivity contribution in [1.82, 2.24) is 4.90 Å². The van der Waals surface area contributed by atoms with Crippen LogP contribution in [0.25, 0.3) is 0 Å². The van der Waals surface area contributed by atoms with Crippen LogP contribution in [0.3, 0.4) is 0 Å². The van der Waals surface area contributed by atoms with Crippen molar-refractivity contribution in [3.63, 3.8) is 0 Å². The molecule has 14 heavy (non-hydrogen) atoms. The Morgan fingerprint density at radius 1 is 1.21 bits per heavy atom. The van der Waals surface area contributed by atoms with Gasteiger partial charge in [-0.25, -0.2) is 0 Å². The summed E-state index contributed by atoms with van der Waals surface area (Å²) in [7, 11) is 0. The van der Waals surface area contributed by atoms with Gasteiger partial charge < -0.3 is 4.90 Å². The fraction of sp³-hybridized carbons (Fsp3) is 0.818. The molecule has 2 rings (SSSR count). The predicted molar refractivity (Wildman–Crippen MR) is 52.8 cm³/mol. The van der Waals surface area contributed by atoms with Gasteiger partial charge in [-0.1, -0.05) is 6.92 Å². The molecule has 0 N–H and O–H groups in total. The molecule has 1 aliphatic heterocycles. The Hall–Kier alpha value is -0.860. The van der Waals surface area contributed by atoms with Gasteiger partial charge in [0.25, 0.3) is 0 Å². The lowest BCUT2D eigenvalue weighted by Crippen LogP contribution is -2.39. The molecule has 1 saturated heterocycles. The van der Waals surface area contributed by atoms with Crippen molar-refractivity contribution in [2.24, 2.45) is 5.92 Å². The van der Waals surface area contributed by atoms with Crippen molar-refractivity contribution >= 4 is 11.7 Å². The van der Waals surface area contributed by atoms with Crippen molar-refractivity contribution in [2.45, 2.75) is 45.1 Å². The molecule has 1 aliphatic carbocycles. The Bertz CT molecular complexity index is 252. The molecule has 1 atom stereocenters. The quantitative estimate of drug-likeness (QED) is 0.633. The van der Waals surface area contributed by atoms with Gasteiger partial charge in [-0.3, -0.25) is 9.59 Å². The number of amides is 1. The smallest absolute Gasteiger partial charge is 0.223 e. The lowest BCUT2D eigenvalue weighted by atomic mass is 9.93. The maximum absolute atomic E-state index is 11.6. The monoisotopic (exact) mass is 195 g/mol. The van der Waals surface area contributed by atoms with Crippen LogP contribution in [-0.2, 0) is 9.59 Å². The Balaban J connectivity index is 1.95. The summed E-state index contributed by atoms with van der Waals surface area (Å²) in [6, 6.07) is 0.352. The number of ketones is 1. The molecule has 1 unspecified atom stereocenters. The first-order chi connectivity index (χ1) is 6.66. The molecule has 2 fully saturated rings. The third-order valence-electron chi connectivity index (χ3n) is 3.31. The minimum Gasteiger partial charge on any atom is -0.339 e. The number of carbonyl (C=O) groups is 2. The number of Topliss-reactive ketones (excluding diaryl/α,β-unsaturated/α-hetero) is 1. The van der Waals surface area contributed by atoms with Gasteiger partial charge in [0.05, 0.1) is 0 Å². The van der Waals surface area contributed by atoms with Crippen LogP contribution >= 0.6 is 0 Å². The van der Waals surface area contributed by atoms with Gasteiger partial charge in [0.2, 0.25) is 5.91 Å². The van der Waals surface area contributed by atoms with Crippen LogP contribution < -0.4 is 0 Å². The van der Waals surface area contributed by atoms with E-state index in [1.807, 2.05) is 4.90 Å². The maximum atomic E-state index is 11.6. The fourth-order valence-corrected chi connectivity index (χ4v) is 2.51. The van der Waals surface area contributed by atoms with E-state index in [1.54, 1.807) is 0 Å². The van der Waals surface area contributed by atoms with E-state index >= 15 is 0 Å². The first-order valence-corrected chi connectivity index (χ1v) is 5.48. The number of nitrogens with zero attached hydrogens (tertiary/aromatic N) is 1. The van der Waals surface area contributed by atoms with Gasteiger partial charge in [-0.2, -0.15) is 0 Å². The SMILES string of the molecule is CC1CC(=O)N(C2CCC(=O)CC2)C1. The maximum Gasteiger partial charge on any atom is 0.223 e. The van der Waals surface area contributed by atoms with Crippen molar-refractivity contribution in [1.29, 1.82) is 0 Å². The second-order valence-corrected chi connectivity index (χ2v) is 4.63. The second-order valence-electron chi connectivity index (χ2n) is 4.63. The molecule has 0 aromatic heterocycles. The van der Waals surface area contributed by atoms with Crippen molar-refractivity contribution in [2.75, 3.05) is 6.54 Å². The highest BCUT2D eigenvalue weighted by Gasteiger charge is 2.33. The zero-order chi connectivity index (χ0) is 10.1. The molecule has 0 aromatic carbocycles. The van der Waals surface area contributed by atoms with Gasteiger partial charge in [0, 0.05) is 31.8 Å². The third-order valence-corrected chi connectivity index (χ3v) is 3.31. The molecular formula is C11H17NO2. The summed E-state index contributed by atoms with van der Waals surface area (Å²) in [6.45, 7) is 3.02. The van der Waals surface area contributed by atoms with Crippen LogP contribution in [0, 0.1) is 5.92 Å². The molecule has 1 heterocycles. The average molecular weight is 195 g/mol. The summed E-state index contributed by atoms with van der Waals surface area (Å²) in [4.78, 5) is 24.7. The summed E-state index contributed by atoms with van der Waals surface area (Å²) < 4.78 is 0. The van der Waals surface area contributed by atoms with E-state index < -0.39 is 0 Å². The van der Waals surface area contributed by atoms with Crippen LogP contribution in [0.4, 0.5) is 0 Å². The first kappa shape index (κ1) is 9.69. The Morgan fingerprint density at radius 3 is 2.36 bits per heavy atom. The van der Waals surface area contributed by atoms with Gasteiger partial charge in [0.1, 0.15) is 5.78 Å². The van der Waals surface area contributed by atoms with Crippen LogP contribution in [0.5, 0.6) is 0 Å². The average Bonchev–Trinajstić information content (AvgIpc) is 2.47. The van der Waals surface area contributed by atoms with E-state index in [2.05, 4.69) is 6.92 Å². The number of hydrogen-bond donors (Lipinski definition) is 0. The summed E-state index contributed by atoms with van der Waals surface area (Å²) >= 11 is 0. The first-order valence-electron chi connectivity index (χ1n) is 5.48. The lowest BCUT2D eigenvalue weighted by Gasteiger charge is -2.30. The van der Waals surface area contributed by atoms with Crippen LogP contribution in [0.1, 0.15) is 39.0 Å². The van der Waals surface area contributed by atoms with Gasteiger partial charge in [-0.15, -0.1) is 0 Å². The third kappa shape index (κ3) is 1.81. The standard InChI is InChI=1S/C11H17NO2/c1-8-6-11(14)12(7-8)9-2-4-10(13)5-3-9/h8-9H,2-7H2,1H3. The molecule has 3 heteroatoms. The van der Waals surface area contributed by atoms with Gasteiger partial charge in [-0.05, 0) is 18.8 Å². The Morgan fingerprint density at radius 2 is 1.86 bits per heavy atom. The molecule has 1 saturated carbocycles. The number of hydrogen-bond acceptors (Lipinski definition) is 2. The molecule has 0 bridgehead atoms. The summed E-state index contributed by atoms with van der Waals surface area (Å²) in [5.41, 5.74) is 0. The fourth-order valence-electron chi connectivity index (χ4n) is 2.51. The largest absolute Gasteiger partial charge is 0.339 e. The van der Waals surface area contributed by atoms with Crippen molar-refractivity contribution in [3.05, 3.63) is 0 Å². The summed E-state index contributed by atoms with van der Waals surface area (Å²) in [5.74, 6) is 1.15. The van der Waals surface area contributed by atoms with Crippen molar-refractivity contribution < 1.29 is 9.59 Å². The van der Waals surface area contributed by atoms with Crippen LogP contribution in [0.15, 0.2) is 0 Å². The zero-order valence-corrected chi connectivity index (χ0v) is 8.66. The molecule has 3 nitrogen and oxygen atoms in total. The van der Waals surface area contributed by atoms with E-state index in [4.69, 9.17) is 0 Å². The number of carbonyl (C=O) groups excluding carboxylic acids is 2. The van der Waals surface area contributed by atoms with E-state index in [-0.39, 0.29) is 5.91 Å². The van der Waals surface area contributed by atoms with Crippen LogP contribution in [-0.4, -0.2) is 29.2 Å². The van der Waals surface area contributed by atoms with Gasteiger partial charge >= 0.3 is 0 Å². The summed E-state index contributed by atoms with van der Waals surface area (Å²) in [6.07, 6.45) is 3.81. The molecule has 78 valence electrons. The Kier molecular flexibility index (Phi) is 2.57. The molecule has 0 spiro atoms. The van der Waals surface area contributed by atoms with E-state index in [9.17, 15) is 9.59 Å². The van der Waals surface area contributed by atoms with Gasteiger partial charge in [0.15, 0.2) is 0 Å². The highest BCUT2D eigenvalue weighted by atomic mass is 16.2. The normalized spacial score (nSPS) is 30.1. The summed E-state index contributed by atoms with van der Waals surface area (Å²) in [5, 5.41) is 0. The number of rotatable bonds is 1. The van der Waals surface area contributed by atoms with E-state index in [0.29, 0.717) is 37.0 Å². The molecule has 0 radical (unpaired) electrons. The van der Waals surface area contributed by atoms with E-state index in [0.717, 1.165) is 19.4 Å². The molecule has 1 amide bonds. The second kappa shape index (κ2) is 3.71. The zero-order valence-electron chi connectivity index (χ0n) is 8.66. The van der Waals surface area contributed by atoms with E-state index in [1.165, 1.54) is 0 Å². The predicted octanol–water partition coefficient (Wildman–Crippen LogP) is 1.37. The topological polar surface area (TPSA) is 37.4 Å². The highest BCUT2D eigenvalue weighted by Crippen LogP contribution is 2.26. The van der Waals surface area contributed by atoms with Crippen LogP contribution in [0.2, 0.25) is 0 Å².